The molecular formula is C19H21ClFN3O4S. The smallest absolute Gasteiger partial charge is 0.288 e. The summed E-state index contributed by atoms with van der Waals surface area (Å²) in [5.41, 5.74) is 0.917. The SMILES string of the molecule is CS(=O)(=O)c1cc(NC2CCCN(Cc3ccc(F)cc3Cl)C2)ccc1[N+](=O)[O-]. The van der Waals surface area contributed by atoms with E-state index in [-0.39, 0.29) is 16.8 Å². The number of nitro groups is 1. The van der Waals surface area contributed by atoms with Gasteiger partial charge in [0.25, 0.3) is 5.69 Å². The Labute approximate surface area is 173 Å². The van der Waals surface area contributed by atoms with Gasteiger partial charge in [-0.25, -0.2) is 12.8 Å². The molecule has 1 fully saturated rings. The maximum atomic E-state index is 13.2. The minimum absolute atomic E-state index is 0.0387. The molecule has 1 aliphatic rings. The number of halogens is 2. The second-order valence-corrected chi connectivity index (χ2v) is 9.56. The number of anilines is 1. The third-order valence-electron chi connectivity index (χ3n) is 4.84. The largest absolute Gasteiger partial charge is 0.381 e. The van der Waals surface area contributed by atoms with Crippen LogP contribution in [0.1, 0.15) is 18.4 Å². The van der Waals surface area contributed by atoms with Crippen LogP contribution in [0.25, 0.3) is 0 Å². The zero-order valence-corrected chi connectivity index (χ0v) is 17.3. The standard InChI is InChI=1S/C19H21ClFN3O4S/c1-29(27,28)19-10-15(6-7-18(19)24(25)26)22-16-3-2-8-23(12-16)11-13-4-5-14(21)9-17(13)20/h4-7,9-10,16,22H,2-3,8,11-12H2,1H3. The van der Waals surface area contributed by atoms with E-state index in [9.17, 15) is 22.9 Å². The first-order valence-corrected chi connectivity index (χ1v) is 11.3. The fraction of sp³-hybridized carbons (Fsp3) is 0.368. The molecule has 0 saturated carbocycles. The van der Waals surface area contributed by atoms with Crippen LogP contribution in [-0.2, 0) is 16.4 Å². The fourth-order valence-corrected chi connectivity index (χ4v) is 4.59. The van der Waals surface area contributed by atoms with Crippen molar-refractivity contribution in [3.05, 3.63) is 62.9 Å². The van der Waals surface area contributed by atoms with E-state index in [0.29, 0.717) is 23.8 Å². The van der Waals surface area contributed by atoms with Gasteiger partial charge in [0.05, 0.1) is 4.92 Å². The van der Waals surface area contributed by atoms with Gasteiger partial charge in [0.2, 0.25) is 0 Å². The van der Waals surface area contributed by atoms with E-state index in [2.05, 4.69) is 10.2 Å². The van der Waals surface area contributed by atoms with E-state index < -0.39 is 20.4 Å². The number of nitro benzene ring substituents is 1. The Hall–Kier alpha value is -2.23. The maximum Gasteiger partial charge on any atom is 0.288 e. The number of sulfone groups is 1. The molecule has 1 N–H and O–H groups in total. The lowest BCUT2D eigenvalue weighted by Gasteiger charge is -2.34. The quantitative estimate of drug-likeness (QED) is 0.540. The predicted molar refractivity (Wildman–Crippen MR) is 110 cm³/mol. The van der Waals surface area contributed by atoms with Crippen LogP contribution in [0.5, 0.6) is 0 Å². The van der Waals surface area contributed by atoms with Crippen LogP contribution in [0.15, 0.2) is 41.3 Å². The summed E-state index contributed by atoms with van der Waals surface area (Å²) in [6, 6.07) is 8.41. The van der Waals surface area contributed by atoms with Gasteiger partial charge in [-0.15, -0.1) is 0 Å². The van der Waals surface area contributed by atoms with Crippen molar-refractivity contribution in [1.82, 2.24) is 4.90 Å². The van der Waals surface area contributed by atoms with Gasteiger partial charge < -0.3 is 5.32 Å². The first kappa shape index (κ1) is 21.5. The highest BCUT2D eigenvalue weighted by molar-refractivity contribution is 7.90. The molecule has 0 radical (unpaired) electrons. The van der Waals surface area contributed by atoms with Gasteiger partial charge in [0.15, 0.2) is 9.84 Å². The summed E-state index contributed by atoms with van der Waals surface area (Å²) < 4.78 is 37.1. The molecule has 1 atom stereocenters. The predicted octanol–water partition coefficient (Wildman–Crippen LogP) is 3.87. The van der Waals surface area contributed by atoms with Crippen LogP contribution in [0, 0.1) is 15.9 Å². The van der Waals surface area contributed by atoms with Crippen LogP contribution < -0.4 is 5.32 Å². The average Bonchev–Trinajstić information content (AvgIpc) is 2.63. The monoisotopic (exact) mass is 441 g/mol. The summed E-state index contributed by atoms with van der Waals surface area (Å²) >= 11 is 6.12. The Bertz CT molecular complexity index is 1030. The number of rotatable bonds is 6. The Balaban J connectivity index is 1.72. The highest BCUT2D eigenvalue weighted by atomic mass is 35.5. The van der Waals surface area contributed by atoms with Crippen molar-refractivity contribution in [2.24, 2.45) is 0 Å². The van der Waals surface area contributed by atoms with Crippen LogP contribution >= 0.6 is 11.6 Å². The molecule has 1 aliphatic heterocycles. The highest BCUT2D eigenvalue weighted by Crippen LogP contribution is 2.28. The molecule has 0 amide bonds. The zero-order valence-electron chi connectivity index (χ0n) is 15.8. The molecule has 29 heavy (non-hydrogen) atoms. The zero-order chi connectivity index (χ0) is 21.2. The van der Waals surface area contributed by atoms with E-state index >= 15 is 0 Å². The van der Waals surface area contributed by atoms with Gasteiger partial charge in [-0.05, 0) is 49.2 Å². The van der Waals surface area contributed by atoms with Gasteiger partial charge in [-0.3, -0.25) is 15.0 Å². The van der Waals surface area contributed by atoms with Gasteiger partial charge in [0.1, 0.15) is 10.7 Å². The summed E-state index contributed by atoms with van der Waals surface area (Å²) in [6.45, 7) is 2.12. The molecule has 0 bridgehead atoms. The maximum absolute atomic E-state index is 13.2. The third kappa shape index (κ3) is 5.43. The minimum Gasteiger partial charge on any atom is -0.381 e. The first-order chi connectivity index (χ1) is 13.6. The molecule has 0 aromatic heterocycles. The van der Waals surface area contributed by atoms with Crippen molar-refractivity contribution in [1.29, 1.82) is 0 Å². The Morgan fingerprint density at radius 3 is 2.72 bits per heavy atom. The van der Waals surface area contributed by atoms with Crippen LogP contribution in [-0.4, -0.2) is 43.6 Å². The van der Waals surface area contributed by atoms with Gasteiger partial charge in [0, 0.05) is 42.2 Å². The van der Waals surface area contributed by atoms with Gasteiger partial charge in [-0.1, -0.05) is 17.7 Å². The van der Waals surface area contributed by atoms with Crippen molar-refractivity contribution in [3.63, 3.8) is 0 Å². The van der Waals surface area contributed by atoms with E-state index in [1.54, 1.807) is 6.07 Å². The van der Waals surface area contributed by atoms with Crippen LogP contribution in [0.4, 0.5) is 15.8 Å². The molecule has 7 nitrogen and oxygen atoms in total. The van der Waals surface area contributed by atoms with Gasteiger partial charge in [-0.2, -0.15) is 0 Å². The molecule has 1 heterocycles. The molecule has 2 aromatic rings. The summed E-state index contributed by atoms with van der Waals surface area (Å²) in [5, 5.41) is 14.8. The van der Waals surface area contributed by atoms with Crippen LogP contribution in [0.2, 0.25) is 5.02 Å². The number of nitrogens with one attached hydrogen (secondary N) is 1. The van der Waals surface area contributed by atoms with Crippen molar-refractivity contribution >= 4 is 32.8 Å². The number of piperidine rings is 1. The molecule has 1 unspecified atom stereocenters. The second kappa shape index (κ2) is 8.64. The molecule has 2 aromatic carbocycles. The van der Waals surface area contributed by atoms with E-state index in [4.69, 9.17) is 11.6 Å². The lowest BCUT2D eigenvalue weighted by Crippen LogP contribution is -2.41. The third-order valence-corrected chi connectivity index (χ3v) is 6.32. The van der Waals surface area contributed by atoms with Crippen molar-refractivity contribution < 1.29 is 17.7 Å². The molecule has 1 saturated heterocycles. The van der Waals surface area contributed by atoms with Gasteiger partial charge >= 0.3 is 0 Å². The normalized spacial score (nSPS) is 17.8. The Morgan fingerprint density at radius 2 is 2.07 bits per heavy atom. The Morgan fingerprint density at radius 1 is 1.31 bits per heavy atom. The summed E-state index contributed by atoms with van der Waals surface area (Å²) in [4.78, 5) is 12.3. The number of nitrogens with zero attached hydrogens (tertiary/aromatic N) is 2. The molecular weight excluding hydrogens is 421 g/mol. The Kier molecular flexibility index (Phi) is 6.40. The van der Waals surface area contributed by atoms with Crippen molar-refractivity contribution in [2.45, 2.75) is 30.3 Å². The molecule has 3 rings (SSSR count). The lowest BCUT2D eigenvalue weighted by atomic mass is 10.0. The van der Waals surface area contributed by atoms with Crippen LogP contribution in [0.3, 0.4) is 0 Å². The number of likely N-dealkylation sites (tertiary alicyclic amines) is 1. The van der Waals surface area contributed by atoms with E-state index in [1.165, 1.54) is 30.3 Å². The first-order valence-electron chi connectivity index (χ1n) is 9.05. The molecule has 156 valence electrons. The van der Waals surface area contributed by atoms with Crippen molar-refractivity contribution in [2.75, 3.05) is 24.7 Å². The number of hydrogen-bond acceptors (Lipinski definition) is 6. The molecule has 10 heteroatoms. The average molecular weight is 442 g/mol. The summed E-state index contributed by atoms with van der Waals surface area (Å²) in [7, 11) is -3.74. The van der Waals surface area contributed by atoms with E-state index in [1.807, 2.05) is 0 Å². The lowest BCUT2D eigenvalue weighted by molar-refractivity contribution is -0.387. The number of benzene rings is 2. The minimum atomic E-state index is -3.74. The number of hydrogen-bond donors (Lipinski definition) is 1. The van der Waals surface area contributed by atoms with Crippen molar-refractivity contribution in [3.8, 4) is 0 Å². The second-order valence-electron chi connectivity index (χ2n) is 7.17. The molecule has 0 spiro atoms. The summed E-state index contributed by atoms with van der Waals surface area (Å²) in [5.74, 6) is -0.378. The molecule has 0 aliphatic carbocycles. The van der Waals surface area contributed by atoms with E-state index in [0.717, 1.165) is 31.2 Å². The fourth-order valence-electron chi connectivity index (χ4n) is 3.50. The highest BCUT2D eigenvalue weighted by Gasteiger charge is 2.25. The summed E-state index contributed by atoms with van der Waals surface area (Å²) in [6.07, 6.45) is 2.75. The topological polar surface area (TPSA) is 92.6 Å².